The third kappa shape index (κ3) is 6.91. The molecule has 1 atom stereocenters. The zero-order valence-corrected chi connectivity index (χ0v) is 14.9. The van der Waals surface area contributed by atoms with Crippen molar-refractivity contribution >= 4 is 14.9 Å². The smallest absolute Gasteiger partial charge is 0.446 e. The summed E-state index contributed by atoms with van der Waals surface area (Å²) in [5.41, 5.74) is 0. The topological polar surface area (TPSA) is 66.0 Å². The van der Waals surface area contributed by atoms with Gasteiger partial charge in [-0.3, -0.25) is 0 Å². The van der Waals surface area contributed by atoms with Crippen LogP contribution < -0.4 is 5.32 Å². The number of ether oxygens (including phenoxy) is 1. The maximum atomic E-state index is 11.8. The summed E-state index contributed by atoms with van der Waals surface area (Å²) in [6.07, 6.45) is 9.72. The van der Waals surface area contributed by atoms with Gasteiger partial charge in [-0.25, -0.2) is 4.79 Å². The highest BCUT2D eigenvalue weighted by Crippen LogP contribution is 2.16. The second-order valence-electron chi connectivity index (χ2n) is 5.33. The summed E-state index contributed by atoms with van der Waals surface area (Å²) in [7, 11) is 2.22. The Morgan fingerprint density at radius 2 is 1.82 bits per heavy atom. The minimum atomic E-state index is -2.54. The van der Waals surface area contributed by atoms with Crippen LogP contribution in [0.3, 0.4) is 0 Å². The Hall–Kier alpha value is -0.893. The summed E-state index contributed by atoms with van der Waals surface area (Å²) < 4.78 is 21.5. The SMILES string of the molecule is CO[Si](CCCNC(=O)OC1CC/C=C/CCC1)(OC)OC. The molecule has 0 saturated carbocycles. The van der Waals surface area contributed by atoms with E-state index in [1.807, 2.05) is 0 Å². The molecule has 1 rings (SSSR count). The Morgan fingerprint density at radius 1 is 1.14 bits per heavy atom. The normalized spacial score (nSPS) is 20.8. The fourth-order valence-electron chi connectivity index (χ4n) is 2.49. The van der Waals surface area contributed by atoms with Gasteiger partial charge in [0.25, 0.3) is 0 Å². The van der Waals surface area contributed by atoms with Crippen molar-refractivity contribution < 1.29 is 22.8 Å². The van der Waals surface area contributed by atoms with E-state index in [2.05, 4.69) is 17.5 Å². The van der Waals surface area contributed by atoms with Gasteiger partial charge in [0.05, 0.1) is 0 Å². The first-order valence-corrected chi connectivity index (χ1v) is 9.84. The van der Waals surface area contributed by atoms with E-state index >= 15 is 0 Å². The van der Waals surface area contributed by atoms with Gasteiger partial charge in [-0.2, -0.15) is 0 Å². The molecule has 0 radical (unpaired) electrons. The fraction of sp³-hybridized carbons (Fsp3) is 0.800. The number of nitrogens with one attached hydrogen (secondary N) is 1. The maximum Gasteiger partial charge on any atom is 0.500 e. The quantitative estimate of drug-likeness (QED) is 0.421. The Bertz CT molecular complexity index is 339. The van der Waals surface area contributed by atoms with Crippen molar-refractivity contribution in [3.05, 3.63) is 12.2 Å². The van der Waals surface area contributed by atoms with Gasteiger partial charge in [0.15, 0.2) is 0 Å². The number of hydrogen-bond acceptors (Lipinski definition) is 5. The van der Waals surface area contributed by atoms with Crippen molar-refractivity contribution in [1.82, 2.24) is 5.32 Å². The molecule has 0 aromatic carbocycles. The van der Waals surface area contributed by atoms with E-state index in [0.717, 1.165) is 38.5 Å². The molecular weight excluding hydrogens is 302 g/mol. The molecule has 0 aliphatic heterocycles. The first-order valence-electron chi connectivity index (χ1n) is 7.90. The second kappa shape index (κ2) is 10.8. The van der Waals surface area contributed by atoms with Crippen molar-refractivity contribution in [2.45, 2.75) is 50.7 Å². The number of amides is 1. The third-order valence-electron chi connectivity index (χ3n) is 3.85. The lowest BCUT2D eigenvalue weighted by molar-refractivity contribution is 0.0860. The van der Waals surface area contributed by atoms with Gasteiger partial charge >= 0.3 is 14.9 Å². The second-order valence-corrected chi connectivity index (χ2v) is 8.42. The minimum absolute atomic E-state index is 0.0235. The molecule has 0 fully saturated rings. The van der Waals surface area contributed by atoms with Gasteiger partial charge < -0.3 is 23.3 Å². The van der Waals surface area contributed by atoms with Crippen LogP contribution in [-0.2, 0) is 18.0 Å². The predicted molar refractivity (Wildman–Crippen MR) is 86.7 cm³/mol. The molecular formula is C15H29NO5Si. The van der Waals surface area contributed by atoms with Crippen LogP contribution in [0.5, 0.6) is 0 Å². The number of alkyl carbamates (subject to hydrolysis) is 1. The minimum Gasteiger partial charge on any atom is -0.446 e. The molecule has 22 heavy (non-hydrogen) atoms. The zero-order chi connectivity index (χ0) is 16.3. The highest BCUT2D eigenvalue weighted by atomic mass is 28.4. The van der Waals surface area contributed by atoms with Gasteiger partial charge in [0, 0.05) is 33.9 Å². The van der Waals surface area contributed by atoms with Gasteiger partial charge in [0.2, 0.25) is 0 Å². The molecule has 1 aliphatic carbocycles. The average molecular weight is 331 g/mol. The molecule has 1 N–H and O–H groups in total. The molecule has 6 nitrogen and oxygen atoms in total. The molecule has 0 heterocycles. The Morgan fingerprint density at radius 3 is 2.50 bits per heavy atom. The number of hydrogen-bond donors (Lipinski definition) is 1. The number of rotatable bonds is 8. The van der Waals surface area contributed by atoms with E-state index in [-0.39, 0.29) is 12.2 Å². The van der Waals surface area contributed by atoms with Crippen LogP contribution in [0.15, 0.2) is 12.2 Å². The van der Waals surface area contributed by atoms with Crippen LogP contribution in [-0.4, -0.2) is 48.9 Å². The van der Waals surface area contributed by atoms with Gasteiger partial charge in [-0.1, -0.05) is 12.2 Å². The zero-order valence-electron chi connectivity index (χ0n) is 13.9. The standard InChI is InChI=1S/C15H29NO5Si/c1-18-22(19-2,20-3)13-9-12-16-15(17)21-14-10-7-5-4-6-8-11-14/h4-5,14H,6-13H2,1-3H3,(H,16,17)/b5-4+. The number of carbonyl (C=O) groups is 1. The molecule has 128 valence electrons. The van der Waals surface area contributed by atoms with E-state index in [1.165, 1.54) is 0 Å². The van der Waals surface area contributed by atoms with Crippen LogP contribution in [0.1, 0.15) is 38.5 Å². The lowest BCUT2D eigenvalue weighted by Gasteiger charge is -2.24. The first-order chi connectivity index (χ1) is 10.7. The van der Waals surface area contributed by atoms with E-state index in [4.69, 9.17) is 18.0 Å². The van der Waals surface area contributed by atoms with E-state index in [0.29, 0.717) is 12.6 Å². The van der Waals surface area contributed by atoms with Crippen LogP contribution in [0.25, 0.3) is 0 Å². The molecule has 0 spiro atoms. The molecule has 1 amide bonds. The van der Waals surface area contributed by atoms with Gasteiger partial charge in [0.1, 0.15) is 6.10 Å². The van der Waals surface area contributed by atoms with Crippen molar-refractivity contribution in [1.29, 1.82) is 0 Å². The average Bonchev–Trinajstić information content (AvgIpc) is 2.51. The molecule has 7 heteroatoms. The molecule has 0 aromatic rings. The Kier molecular flexibility index (Phi) is 9.38. The molecule has 0 bridgehead atoms. The van der Waals surface area contributed by atoms with Crippen LogP contribution in [0, 0.1) is 0 Å². The molecule has 0 aromatic heterocycles. The van der Waals surface area contributed by atoms with E-state index < -0.39 is 8.80 Å². The van der Waals surface area contributed by atoms with Crippen molar-refractivity contribution in [2.24, 2.45) is 0 Å². The van der Waals surface area contributed by atoms with Crippen LogP contribution in [0.4, 0.5) is 4.79 Å². The largest absolute Gasteiger partial charge is 0.500 e. The monoisotopic (exact) mass is 331 g/mol. The van der Waals surface area contributed by atoms with Crippen LogP contribution in [0.2, 0.25) is 6.04 Å². The summed E-state index contributed by atoms with van der Waals surface area (Å²) in [6, 6.07) is 0.658. The molecule has 0 saturated heterocycles. The molecule has 1 unspecified atom stereocenters. The first kappa shape index (κ1) is 19.2. The third-order valence-corrected chi connectivity index (χ3v) is 6.69. The lowest BCUT2D eigenvalue weighted by atomic mass is 10.0. The number of carbonyl (C=O) groups excluding carboxylic acids is 1. The molecule has 1 aliphatic rings. The summed E-state index contributed by atoms with van der Waals surface area (Å²) >= 11 is 0. The maximum absolute atomic E-state index is 11.8. The predicted octanol–water partition coefficient (Wildman–Crippen LogP) is 2.87. The summed E-state index contributed by atoms with van der Waals surface area (Å²) in [5.74, 6) is 0. The highest BCUT2D eigenvalue weighted by Gasteiger charge is 2.36. The van der Waals surface area contributed by atoms with Crippen molar-refractivity contribution in [2.75, 3.05) is 27.9 Å². The fourth-order valence-corrected chi connectivity index (χ4v) is 4.21. The van der Waals surface area contributed by atoms with Crippen molar-refractivity contribution in [3.63, 3.8) is 0 Å². The summed E-state index contributed by atoms with van der Waals surface area (Å²) in [5, 5.41) is 2.79. The highest BCUT2D eigenvalue weighted by molar-refractivity contribution is 6.60. The Balaban J connectivity index is 2.21. The number of allylic oxidation sites excluding steroid dienone is 2. The lowest BCUT2D eigenvalue weighted by Crippen LogP contribution is -2.43. The summed E-state index contributed by atoms with van der Waals surface area (Å²) in [6.45, 7) is 0.524. The van der Waals surface area contributed by atoms with Crippen molar-refractivity contribution in [3.8, 4) is 0 Å². The van der Waals surface area contributed by atoms with Crippen LogP contribution >= 0.6 is 0 Å². The van der Waals surface area contributed by atoms with E-state index in [1.54, 1.807) is 21.3 Å². The van der Waals surface area contributed by atoms with E-state index in [9.17, 15) is 4.79 Å². The Labute approximate surface area is 134 Å². The van der Waals surface area contributed by atoms with Gasteiger partial charge in [-0.15, -0.1) is 0 Å². The van der Waals surface area contributed by atoms with Gasteiger partial charge in [-0.05, 0) is 38.5 Å². The summed E-state index contributed by atoms with van der Waals surface area (Å²) in [4.78, 5) is 11.8.